The fourth-order valence-corrected chi connectivity index (χ4v) is 0.541. The van der Waals surface area contributed by atoms with Crippen LogP contribution in [0.15, 0.2) is 24.8 Å². The zero-order valence-corrected chi connectivity index (χ0v) is 7.16. The lowest BCUT2D eigenvalue weighted by molar-refractivity contribution is 0.187. The molecule has 0 aromatic rings. The van der Waals surface area contributed by atoms with E-state index in [2.05, 4.69) is 12.5 Å². The third kappa shape index (κ3) is 8.96. The predicted octanol–water partition coefficient (Wildman–Crippen LogP) is 1.40. The predicted molar refractivity (Wildman–Crippen MR) is 49.8 cm³/mol. The molecule has 0 aliphatic carbocycles. The summed E-state index contributed by atoms with van der Waals surface area (Å²) >= 11 is 0. The Morgan fingerprint density at radius 3 is 2.42 bits per heavy atom. The molecule has 0 saturated carbocycles. The van der Waals surface area contributed by atoms with E-state index in [0.717, 1.165) is 0 Å². The van der Waals surface area contributed by atoms with E-state index < -0.39 is 0 Å². The van der Waals surface area contributed by atoms with E-state index >= 15 is 0 Å². The number of ether oxygens (including phenoxy) is 2. The van der Waals surface area contributed by atoms with Gasteiger partial charge in [-0.2, -0.15) is 0 Å². The first-order chi connectivity index (χ1) is 5.91. The van der Waals surface area contributed by atoms with E-state index in [1.165, 1.54) is 0 Å². The highest BCUT2D eigenvalue weighted by Crippen LogP contribution is 1.80. The lowest BCUT2D eigenvalue weighted by Crippen LogP contribution is -1.93. The normalized spacial score (nSPS) is 9.92. The van der Waals surface area contributed by atoms with E-state index in [1.54, 1.807) is 6.08 Å². The first-order valence-corrected chi connectivity index (χ1v) is 3.76. The molecule has 0 aromatic heterocycles. The molecule has 0 heterocycles. The van der Waals surface area contributed by atoms with Gasteiger partial charge in [-0.1, -0.05) is 24.1 Å². The van der Waals surface area contributed by atoms with Gasteiger partial charge < -0.3 is 9.47 Å². The number of rotatable bonds is 7. The minimum absolute atomic E-state index is 0.359. The van der Waals surface area contributed by atoms with Crippen LogP contribution in [0.25, 0.3) is 0 Å². The van der Waals surface area contributed by atoms with Gasteiger partial charge in [0.15, 0.2) is 0 Å². The maximum absolute atomic E-state index is 5.09. The summed E-state index contributed by atoms with van der Waals surface area (Å²) in [5, 5.41) is 0. The van der Waals surface area contributed by atoms with Crippen LogP contribution in [0, 0.1) is 12.3 Å². The minimum Gasteiger partial charge on any atom is -0.373 e. The van der Waals surface area contributed by atoms with Crippen molar-refractivity contribution < 1.29 is 9.47 Å². The monoisotopic (exact) mass is 166 g/mol. The summed E-state index contributed by atoms with van der Waals surface area (Å²) in [6, 6.07) is 0. The molecule has 0 bridgehead atoms. The SMILES string of the molecule is C#CCOCC=CCOCC=C. The molecule has 2 nitrogen and oxygen atoms in total. The quantitative estimate of drug-likeness (QED) is 0.323. The fourth-order valence-electron chi connectivity index (χ4n) is 0.541. The number of hydrogen-bond acceptors (Lipinski definition) is 2. The van der Waals surface area contributed by atoms with E-state index in [-0.39, 0.29) is 0 Å². The molecule has 0 aliphatic heterocycles. The van der Waals surface area contributed by atoms with Crippen LogP contribution in [0.2, 0.25) is 0 Å². The van der Waals surface area contributed by atoms with Gasteiger partial charge in [0, 0.05) is 0 Å². The molecular weight excluding hydrogens is 152 g/mol. The van der Waals surface area contributed by atoms with Crippen LogP contribution in [0.5, 0.6) is 0 Å². The lowest BCUT2D eigenvalue weighted by atomic mass is 10.5. The van der Waals surface area contributed by atoms with Gasteiger partial charge in [0.1, 0.15) is 6.61 Å². The van der Waals surface area contributed by atoms with Crippen LogP contribution in [0.3, 0.4) is 0 Å². The van der Waals surface area contributed by atoms with Crippen molar-refractivity contribution in [1.29, 1.82) is 0 Å². The van der Waals surface area contributed by atoms with E-state index in [9.17, 15) is 0 Å². The Kier molecular flexibility index (Phi) is 9.10. The highest BCUT2D eigenvalue weighted by molar-refractivity contribution is 4.85. The molecule has 0 atom stereocenters. The molecule has 0 amide bonds. The van der Waals surface area contributed by atoms with Crippen LogP contribution in [0.4, 0.5) is 0 Å². The van der Waals surface area contributed by atoms with Crippen LogP contribution < -0.4 is 0 Å². The van der Waals surface area contributed by atoms with Crippen molar-refractivity contribution in [3.05, 3.63) is 24.8 Å². The van der Waals surface area contributed by atoms with Crippen molar-refractivity contribution in [3.8, 4) is 12.3 Å². The largest absolute Gasteiger partial charge is 0.373 e. The molecule has 0 fully saturated rings. The Bertz CT molecular complexity index is 165. The second kappa shape index (κ2) is 9.96. The third-order valence-electron chi connectivity index (χ3n) is 1.02. The molecule has 0 aromatic carbocycles. The second-order valence-corrected chi connectivity index (χ2v) is 2.02. The summed E-state index contributed by atoms with van der Waals surface area (Å²) in [5.74, 6) is 2.38. The first kappa shape index (κ1) is 11.0. The standard InChI is InChI=1S/C10H14O2/c1-3-7-11-9-5-6-10-12-8-4-2/h1,4-6H,2,7-10H2. The van der Waals surface area contributed by atoms with E-state index in [4.69, 9.17) is 15.9 Å². The summed E-state index contributed by atoms with van der Waals surface area (Å²) in [4.78, 5) is 0. The molecule has 0 radical (unpaired) electrons. The van der Waals surface area contributed by atoms with Crippen LogP contribution >= 0.6 is 0 Å². The molecule has 12 heavy (non-hydrogen) atoms. The molecule has 0 unspecified atom stereocenters. The van der Waals surface area contributed by atoms with Crippen LogP contribution in [-0.4, -0.2) is 26.4 Å². The molecule has 0 spiro atoms. The van der Waals surface area contributed by atoms with Gasteiger partial charge in [0.2, 0.25) is 0 Å². The van der Waals surface area contributed by atoms with Crippen molar-refractivity contribution in [2.45, 2.75) is 0 Å². The van der Waals surface area contributed by atoms with Crippen molar-refractivity contribution in [1.82, 2.24) is 0 Å². The smallest absolute Gasteiger partial charge is 0.107 e. The zero-order valence-electron chi connectivity index (χ0n) is 7.16. The summed E-state index contributed by atoms with van der Waals surface area (Å²) in [6.07, 6.45) is 10.4. The molecule has 66 valence electrons. The van der Waals surface area contributed by atoms with Gasteiger partial charge in [-0.25, -0.2) is 0 Å². The number of hydrogen-bond donors (Lipinski definition) is 0. The Labute approximate surface area is 73.9 Å². The summed E-state index contributed by atoms with van der Waals surface area (Å²) in [5.41, 5.74) is 0. The zero-order chi connectivity index (χ0) is 9.07. The van der Waals surface area contributed by atoms with Gasteiger partial charge in [-0.05, 0) is 0 Å². The lowest BCUT2D eigenvalue weighted by Gasteiger charge is -1.94. The van der Waals surface area contributed by atoms with Crippen molar-refractivity contribution in [2.75, 3.05) is 26.4 Å². The van der Waals surface area contributed by atoms with Crippen molar-refractivity contribution in [2.24, 2.45) is 0 Å². The molecule has 0 aliphatic rings. The van der Waals surface area contributed by atoms with Gasteiger partial charge in [0.05, 0.1) is 19.8 Å². The van der Waals surface area contributed by atoms with Crippen molar-refractivity contribution in [3.63, 3.8) is 0 Å². The molecule has 0 N–H and O–H groups in total. The summed E-state index contributed by atoms with van der Waals surface area (Å²) in [7, 11) is 0. The Hall–Kier alpha value is -1.04. The van der Waals surface area contributed by atoms with Gasteiger partial charge >= 0.3 is 0 Å². The Morgan fingerprint density at radius 2 is 1.83 bits per heavy atom. The maximum Gasteiger partial charge on any atom is 0.107 e. The van der Waals surface area contributed by atoms with Gasteiger partial charge in [0.25, 0.3) is 0 Å². The average Bonchev–Trinajstić information content (AvgIpc) is 2.10. The van der Waals surface area contributed by atoms with Gasteiger partial charge in [-0.15, -0.1) is 13.0 Å². The molecular formula is C10H14O2. The van der Waals surface area contributed by atoms with Gasteiger partial charge in [-0.3, -0.25) is 0 Å². The highest BCUT2D eigenvalue weighted by Gasteiger charge is 1.78. The minimum atomic E-state index is 0.359. The summed E-state index contributed by atoms with van der Waals surface area (Å²) in [6.45, 7) is 5.59. The van der Waals surface area contributed by atoms with Crippen LogP contribution in [-0.2, 0) is 9.47 Å². The molecule has 0 rings (SSSR count). The second-order valence-electron chi connectivity index (χ2n) is 2.02. The van der Waals surface area contributed by atoms with E-state index in [1.807, 2.05) is 12.2 Å². The molecule has 2 heteroatoms. The average molecular weight is 166 g/mol. The summed E-state index contributed by atoms with van der Waals surface area (Å²) < 4.78 is 10.1. The van der Waals surface area contributed by atoms with E-state index in [0.29, 0.717) is 26.4 Å². The first-order valence-electron chi connectivity index (χ1n) is 3.76. The maximum atomic E-state index is 5.09. The fraction of sp³-hybridized carbons (Fsp3) is 0.400. The van der Waals surface area contributed by atoms with Crippen LogP contribution in [0.1, 0.15) is 0 Å². The number of terminal acetylenes is 1. The topological polar surface area (TPSA) is 18.5 Å². The third-order valence-corrected chi connectivity index (χ3v) is 1.02. The molecule has 0 saturated heterocycles. The highest BCUT2D eigenvalue weighted by atomic mass is 16.5. The van der Waals surface area contributed by atoms with Crippen molar-refractivity contribution >= 4 is 0 Å². The Balaban J connectivity index is 3.04. The Morgan fingerprint density at radius 1 is 1.17 bits per heavy atom.